The van der Waals surface area contributed by atoms with Crippen molar-refractivity contribution in [3.63, 3.8) is 0 Å². The Kier molecular flexibility index (Phi) is 4.10. The first kappa shape index (κ1) is 13.6. The van der Waals surface area contributed by atoms with Crippen LogP contribution in [-0.4, -0.2) is 30.1 Å². The lowest BCUT2D eigenvalue weighted by atomic mass is 10.0. The van der Waals surface area contributed by atoms with Gasteiger partial charge in [0.2, 0.25) is 5.78 Å². The van der Waals surface area contributed by atoms with Gasteiger partial charge in [0.15, 0.2) is 0 Å². The summed E-state index contributed by atoms with van der Waals surface area (Å²) in [5.74, 6) is -0.0403. The average Bonchev–Trinajstić information content (AvgIpc) is 3.07. The molecular formula is C18H18N2O. The van der Waals surface area contributed by atoms with Crippen molar-refractivity contribution in [3.8, 4) is 11.1 Å². The molecule has 0 aromatic heterocycles. The molecule has 21 heavy (non-hydrogen) atoms. The SMILES string of the molecule is O=C(/C=N\N1CCCC1)c1ccc(-c2ccccc2)cc1. The minimum absolute atomic E-state index is 0.0403. The third-order valence-corrected chi connectivity index (χ3v) is 3.70. The molecular weight excluding hydrogens is 260 g/mol. The molecule has 1 heterocycles. The fourth-order valence-corrected chi connectivity index (χ4v) is 2.48. The van der Waals surface area contributed by atoms with E-state index in [0.29, 0.717) is 5.56 Å². The number of Topliss-reactive ketones (excluding diaryl/α,β-unsaturated/α-hetero) is 1. The molecule has 106 valence electrons. The van der Waals surface area contributed by atoms with Crippen molar-refractivity contribution in [2.45, 2.75) is 12.8 Å². The highest BCUT2D eigenvalue weighted by molar-refractivity contribution is 6.35. The molecule has 3 nitrogen and oxygen atoms in total. The van der Waals surface area contributed by atoms with Crippen LogP contribution in [0, 0.1) is 0 Å². The number of carbonyl (C=O) groups excluding carboxylic acids is 1. The summed E-state index contributed by atoms with van der Waals surface area (Å²) in [7, 11) is 0. The van der Waals surface area contributed by atoms with Crippen molar-refractivity contribution in [2.75, 3.05) is 13.1 Å². The molecule has 1 saturated heterocycles. The fourth-order valence-electron chi connectivity index (χ4n) is 2.48. The van der Waals surface area contributed by atoms with Gasteiger partial charge in [-0.15, -0.1) is 0 Å². The van der Waals surface area contributed by atoms with E-state index in [0.717, 1.165) is 37.1 Å². The third kappa shape index (κ3) is 3.37. The summed E-state index contributed by atoms with van der Waals surface area (Å²) in [5, 5.41) is 6.19. The number of rotatable bonds is 4. The molecule has 2 aromatic carbocycles. The van der Waals surface area contributed by atoms with Gasteiger partial charge in [-0.3, -0.25) is 9.80 Å². The quantitative estimate of drug-likeness (QED) is 0.632. The molecule has 0 bridgehead atoms. The lowest BCUT2D eigenvalue weighted by Gasteiger charge is -2.08. The first-order chi connectivity index (χ1) is 10.3. The zero-order chi connectivity index (χ0) is 14.5. The van der Waals surface area contributed by atoms with Crippen molar-refractivity contribution >= 4 is 12.0 Å². The van der Waals surface area contributed by atoms with Crippen LogP contribution in [0.5, 0.6) is 0 Å². The van der Waals surface area contributed by atoms with Crippen LogP contribution in [-0.2, 0) is 0 Å². The van der Waals surface area contributed by atoms with Gasteiger partial charge in [-0.2, -0.15) is 5.10 Å². The summed E-state index contributed by atoms with van der Waals surface area (Å²) in [4.78, 5) is 12.1. The highest BCUT2D eigenvalue weighted by Crippen LogP contribution is 2.19. The van der Waals surface area contributed by atoms with Crippen LogP contribution in [0.25, 0.3) is 11.1 Å². The smallest absolute Gasteiger partial charge is 0.205 e. The van der Waals surface area contributed by atoms with E-state index in [-0.39, 0.29) is 5.78 Å². The number of benzene rings is 2. The largest absolute Gasteiger partial charge is 0.297 e. The van der Waals surface area contributed by atoms with Crippen LogP contribution in [0.1, 0.15) is 23.2 Å². The van der Waals surface area contributed by atoms with E-state index < -0.39 is 0 Å². The molecule has 0 unspecified atom stereocenters. The van der Waals surface area contributed by atoms with Gasteiger partial charge < -0.3 is 0 Å². The molecule has 0 atom stereocenters. The molecule has 1 aliphatic heterocycles. The number of hydrogen-bond acceptors (Lipinski definition) is 3. The molecule has 2 aromatic rings. The van der Waals surface area contributed by atoms with Crippen LogP contribution in [0.3, 0.4) is 0 Å². The van der Waals surface area contributed by atoms with Crippen LogP contribution in [0.2, 0.25) is 0 Å². The van der Waals surface area contributed by atoms with Gasteiger partial charge in [0.1, 0.15) is 0 Å². The number of hydrazone groups is 1. The molecule has 0 N–H and O–H groups in total. The third-order valence-electron chi connectivity index (χ3n) is 3.70. The Morgan fingerprint density at radius 3 is 2.19 bits per heavy atom. The molecule has 0 radical (unpaired) electrons. The summed E-state index contributed by atoms with van der Waals surface area (Å²) in [6, 6.07) is 17.8. The molecule has 0 amide bonds. The molecule has 0 saturated carbocycles. The highest BCUT2D eigenvalue weighted by Gasteiger charge is 2.09. The summed E-state index contributed by atoms with van der Waals surface area (Å²) >= 11 is 0. The zero-order valence-corrected chi connectivity index (χ0v) is 11.9. The van der Waals surface area contributed by atoms with Crippen molar-refractivity contribution in [2.24, 2.45) is 5.10 Å². The lowest BCUT2D eigenvalue weighted by molar-refractivity contribution is 0.106. The van der Waals surface area contributed by atoms with Gasteiger partial charge in [-0.1, -0.05) is 54.6 Å². The Balaban J connectivity index is 1.70. The van der Waals surface area contributed by atoms with Crippen LogP contribution in [0.4, 0.5) is 0 Å². The van der Waals surface area contributed by atoms with E-state index in [2.05, 4.69) is 17.2 Å². The second-order valence-electron chi connectivity index (χ2n) is 5.21. The van der Waals surface area contributed by atoms with Crippen LogP contribution < -0.4 is 0 Å². The summed E-state index contributed by atoms with van der Waals surface area (Å²) < 4.78 is 0. The topological polar surface area (TPSA) is 32.7 Å². The molecule has 0 aliphatic carbocycles. The highest BCUT2D eigenvalue weighted by atomic mass is 16.1. The first-order valence-corrected chi connectivity index (χ1v) is 7.32. The molecule has 1 aliphatic rings. The monoisotopic (exact) mass is 278 g/mol. The number of ketones is 1. The van der Waals surface area contributed by atoms with E-state index in [9.17, 15) is 4.79 Å². The van der Waals surface area contributed by atoms with E-state index in [1.165, 1.54) is 6.21 Å². The average molecular weight is 278 g/mol. The minimum atomic E-state index is -0.0403. The zero-order valence-electron chi connectivity index (χ0n) is 11.9. The standard InChI is InChI=1S/C18H18N2O/c21-18(14-19-20-12-4-5-13-20)17-10-8-16(9-11-17)15-6-2-1-3-7-15/h1-3,6-11,14H,4-5,12-13H2/b19-14-. The summed E-state index contributed by atoms with van der Waals surface area (Å²) in [6.45, 7) is 1.91. The number of hydrogen-bond donors (Lipinski definition) is 0. The van der Waals surface area contributed by atoms with Crippen molar-refractivity contribution in [1.82, 2.24) is 5.01 Å². The maximum atomic E-state index is 12.1. The Hall–Kier alpha value is -2.42. The second-order valence-corrected chi connectivity index (χ2v) is 5.21. The Bertz CT molecular complexity index is 626. The van der Waals surface area contributed by atoms with Gasteiger partial charge in [0.25, 0.3) is 0 Å². The molecule has 3 rings (SSSR count). The number of nitrogens with zero attached hydrogens (tertiary/aromatic N) is 2. The molecule has 0 spiro atoms. The predicted molar refractivity (Wildman–Crippen MR) is 85.5 cm³/mol. The van der Waals surface area contributed by atoms with E-state index in [1.54, 1.807) is 0 Å². The minimum Gasteiger partial charge on any atom is -0.297 e. The van der Waals surface area contributed by atoms with Gasteiger partial charge >= 0.3 is 0 Å². The Morgan fingerprint density at radius 2 is 1.52 bits per heavy atom. The summed E-state index contributed by atoms with van der Waals surface area (Å²) in [6.07, 6.45) is 3.76. The Morgan fingerprint density at radius 1 is 0.905 bits per heavy atom. The van der Waals surface area contributed by atoms with Gasteiger partial charge in [-0.05, 0) is 24.0 Å². The predicted octanol–water partition coefficient (Wildman–Crippen LogP) is 3.62. The van der Waals surface area contributed by atoms with Crippen molar-refractivity contribution < 1.29 is 4.79 Å². The van der Waals surface area contributed by atoms with E-state index in [1.807, 2.05) is 47.5 Å². The van der Waals surface area contributed by atoms with Gasteiger partial charge in [-0.25, -0.2) is 0 Å². The van der Waals surface area contributed by atoms with E-state index >= 15 is 0 Å². The van der Waals surface area contributed by atoms with Crippen LogP contribution in [0.15, 0.2) is 59.7 Å². The maximum Gasteiger partial charge on any atom is 0.205 e. The number of carbonyl (C=O) groups is 1. The van der Waals surface area contributed by atoms with Crippen LogP contribution >= 0.6 is 0 Å². The van der Waals surface area contributed by atoms with Crippen molar-refractivity contribution in [3.05, 3.63) is 60.2 Å². The second kappa shape index (κ2) is 6.35. The fraction of sp³-hybridized carbons (Fsp3) is 0.222. The maximum absolute atomic E-state index is 12.1. The Labute approximate surface area is 124 Å². The molecule has 1 fully saturated rings. The lowest BCUT2D eigenvalue weighted by Crippen LogP contribution is -2.13. The van der Waals surface area contributed by atoms with Gasteiger partial charge in [0.05, 0.1) is 6.21 Å². The molecule has 3 heteroatoms. The summed E-state index contributed by atoms with van der Waals surface area (Å²) in [5.41, 5.74) is 2.95. The normalized spacial score (nSPS) is 14.8. The van der Waals surface area contributed by atoms with Crippen molar-refractivity contribution in [1.29, 1.82) is 0 Å². The van der Waals surface area contributed by atoms with E-state index in [4.69, 9.17) is 0 Å². The van der Waals surface area contributed by atoms with Gasteiger partial charge in [0, 0.05) is 18.7 Å². The first-order valence-electron chi connectivity index (χ1n) is 7.32.